The molecule has 0 unspecified atom stereocenters. The summed E-state index contributed by atoms with van der Waals surface area (Å²) in [6, 6.07) is 11.4. The number of halogens is 3. The fourth-order valence-electron chi connectivity index (χ4n) is 3.12. The second-order valence-corrected chi connectivity index (χ2v) is 8.19. The zero-order chi connectivity index (χ0) is 20.9. The monoisotopic (exact) mass is 447 g/mol. The molecule has 0 bridgehead atoms. The number of hydrogen-bond acceptors (Lipinski definition) is 6. The standard InChI is InChI=1S/C21H20ClF2N5S/c22-16-10-20(30-28-21-6-2-7-26-27-21)18(24)11-19(16)25-12-15-14(4-1-5-17(15)23)13-29-8-3-9-29/h1-2,4-7,10-11,25H,3,8-9,12-13H2,(H,27,28). The lowest BCUT2D eigenvalue weighted by atomic mass is 10.0. The summed E-state index contributed by atoms with van der Waals surface area (Å²) in [5.74, 6) is -0.218. The molecule has 0 radical (unpaired) electrons. The van der Waals surface area contributed by atoms with Crippen molar-refractivity contribution in [3.05, 3.63) is 76.4 Å². The van der Waals surface area contributed by atoms with Gasteiger partial charge in [-0.25, -0.2) is 8.78 Å². The zero-order valence-corrected chi connectivity index (χ0v) is 17.6. The fourth-order valence-corrected chi connectivity index (χ4v) is 4.07. The van der Waals surface area contributed by atoms with Crippen molar-refractivity contribution in [1.29, 1.82) is 0 Å². The van der Waals surface area contributed by atoms with E-state index in [1.807, 2.05) is 6.07 Å². The van der Waals surface area contributed by atoms with Gasteiger partial charge in [-0.2, -0.15) is 5.10 Å². The lowest BCUT2D eigenvalue weighted by molar-refractivity contribution is 0.172. The molecule has 5 nitrogen and oxygen atoms in total. The summed E-state index contributed by atoms with van der Waals surface area (Å²) in [4.78, 5) is 2.58. The molecular formula is C21H20ClF2N5S. The highest BCUT2D eigenvalue weighted by molar-refractivity contribution is 8.00. The molecule has 0 amide bonds. The highest BCUT2D eigenvalue weighted by Crippen LogP contribution is 2.32. The molecule has 4 rings (SSSR count). The molecule has 0 atom stereocenters. The van der Waals surface area contributed by atoms with Gasteiger partial charge in [0.2, 0.25) is 0 Å². The van der Waals surface area contributed by atoms with Gasteiger partial charge in [-0.15, -0.1) is 5.10 Å². The second kappa shape index (κ2) is 9.59. The van der Waals surface area contributed by atoms with E-state index >= 15 is 0 Å². The zero-order valence-electron chi connectivity index (χ0n) is 16.0. The van der Waals surface area contributed by atoms with Crippen LogP contribution in [0, 0.1) is 11.6 Å². The maximum atomic E-state index is 14.6. The quantitative estimate of drug-likeness (QED) is 0.454. The van der Waals surface area contributed by atoms with Crippen molar-refractivity contribution in [2.75, 3.05) is 23.1 Å². The summed E-state index contributed by atoms with van der Waals surface area (Å²) in [5.41, 5.74) is 1.92. The van der Waals surface area contributed by atoms with Gasteiger partial charge < -0.3 is 10.0 Å². The van der Waals surface area contributed by atoms with E-state index in [4.69, 9.17) is 11.6 Å². The SMILES string of the molecule is Fc1cc(NCc2c(F)cccc2CN2CCC2)c(Cl)cc1SNc1cccnn1. The van der Waals surface area contributed by atoms with E-state index in [1.54, 1.807) is 24.4 Å². The summed E-state index contributed by atoms with van der Waals surface area (Å²) in [5, 5.41) is 11.1. The molecule has 0 saturated carbocycles. The third kappa shape index (κ3) is 5.00. The number of nitrogens with one attached hydrogen (secondary N) is 2. The highest BCUT2D eigenvalue weighted by atomic mass is 35.5. The minimum atomic E-state index is -0.447. The Balaban J connectivity index is 1.44. The lowest BCUT2D eigenvalue weighted by Gasteiger charge is -2.31. The van der Waals surface area contributed by atoms with Crippen LogP contribution in [0.3, 0.4) is 0 Å². The van der Waals surface area contributed by atoms with Gasteiger partial charge in [0.15, 0.2) is 5.82 Å². The van der Waals surface area contributed by atoms with Crippen LogP contribution in [0.4, 0.5) is 20.3 Å². The van der Waals surface area contributed by atoms with E-state index in [9.17, 15) is 8.78 Å². The average molecular weight is 448 g/mol. The van der Waals surface area contributed by atoms with Crippen molar-refractivity contribution < 1.29 is 8.78 Å². The molecule has 2 N–H and O–H groups in total. The molecule has 1 aliphatic rings. The molecule has 30 heavy (non-hydrogen) atoms. The average Bonchev–Trinajstić information content (AvgIpc) is 2.72. The first kappa shape index (κ1) is 20.8. The largest absolute Gasteiger partial charge is 0.380 e. The molecule has 0 aliphatic carbocycles. The van der Waals surface area contributed by atoms with E-state index in [2.05, 4.69) is 25.1 Å². The minimum absolute atomic E-state index is 0.222. The van der Waals surface area contributed by atoms with Crippen molar-refractivity contribution in [2.24, 2.45) is 0 Å². The van der Waals surface area contributed by atoms with Crippen LogP contribution < -0.4 is 10.0 Å². The van der Waals surface area contributed by atoms with E-state index < -0.39 is 5.82 Å². The first-order valence-corrected chi connectivity index (χ1v) is 10.7. The number of benzene rings is 2. The van der Waals surface area contributed by atoms with Gasteiger partial charge in [0, 0.05) is 24.8 Å². The Hall–Kier alpha value is -2.42. The molecular weight excluding hydrogens is 428 g/mol. The van der Waals surface area contributed by atoms with Crippen LogP contribution in [-0.4, -0.2) is 28.2 Å². The normalized spacial score (nSPS) is 13.7. The highest BCUT2D eigenvalue weighted by Gasteiger charge is 2.18. The van der Waals surface area contributed by atoms with Gasteiger partial charge in [0.05, 0.1) is 15.6 Å². The van der Waals surface area contributed by atoms with Crippen LogP contribution in [0.2, 0.25) is 5.02 Å². The Morgan fingerprint density at radius 2 is 1.97 bits per heavy atom. The lowest BCUT2D eigenvalue weighted by Crippen LogP contribution is -2.36. The van der Waals surface area contributed by atoms with E-state index in [-0.39, 0.29) is 12.4 Å². The molecule has 1 aliphatic heterocycles. The summed E-state index contributed by atoms with van der Waals surface area (Å²) in [7, 11) is 0. The van der Waals surface area contributed by atoms with Crippen molar-refractivity contribution in [3.8, 4) is 0 Å². The number of aromatic nitrogens is 2. The van der Waals surface area contributed by atoms with E-state index in [0.717, 1.165) is 30.6 Å². The fraction of sp³-hybridized carbons (Fsp3) is 0.238. The summed E-state index contributed by atoms with van der Waals surface area (Å²) >= 11 is 7.40. The third-order valence-electron chi connectivity index (χ3n) is 4.87. The number of rotatable bonds is 8. The predicted octanol–water partition coefficient (Wildman–Crippen LogP) is 5.35. The van der Waals surface area contributed by atoms with Crippen molar-refractivity contribution >= 4 is 35.1 Å². The van der Waals surface area contributed by atoms with Gasteiger partial charge in [-0.3, -0.25) is 4.90 Å². The molecule has 1 fully saturated rings. The molecule has 2 aromatic carbocycles. The molecule has 1 saturated heterocycles. The Labute approximate surface area is 183 Å². The number of anilines is 2. The summed E-state index contributed by atoms with van der Waals surface area (Å²) in [6.07, 6.45) is 2.73. The van der Waals surface area contributed by atoms with Crippen molar-refractivity contribution in [3.63, 3.8) is 0 Å². The molecule has 156 valence electrons. The van der Waals surface area contributed by atoms with Crippen molar-refractivity contribution in [1.82, 2.24) is 15.1 Å². The van der Waals surface area contributed by atoms with Gasteiger partial charge in [-0.1, -0.05) is 23.7 Å². The van der Waals surface area contributed by atoms with E-state index in [1.165, 1.54) is 24.6 Å². The minimum Gasteiger partial charge on any atom is -0.380 e. The first-order chi connectivity index (χ1) is 14.6. The van der Waals surface area contributed by atoms with Crippen molar-refractivity contribution in [2.45, 2.75) is 24.4 Å². The predicted molar refractivity (Wildman–Crippen MR) is 117 cm³/mol. The van der Waals surface area contributed by atoms with Crippen LogP contribution in [-0.2, 0) is 13.1 Å². The molecule has 1 aromatic heterocycles. The van der Waals surface area contributed by atoms with Gasteiger partial charge >= 0.3 is 0 Å². The van der Waals surface area contributed by atoms with Gasteiger partial charge in [-0.05, 0) is 67.4 Å². The Morgan fingerprint density at radius 3 is 2.70 bits per heavy atom. The Bertz CT molecular complexity index is 1020. The van der Waals surface area contributed by atoms with Crippen LogP contribution in [0.25, 0.3) is 0 Å². The summed E-state index contributed by atoms with van der Waals surface area (Å²) < 4.78 is 31.9. The summed E-state index contributed by atoms with van der Waals surface area (Å²) in [6.45, 7) is 2.99. The number of likely N-dealkylation sites (tertiary alicyclic amines) is 1. The Kier molecular flexibility index (Phi) is 6.66. The number of nitrogens with zero attached hydrogens (tertiary/aromatic N) is 3. The Morgan fingerprint density at radius 1 is 1.10 bits per heavy atom. The molecule has 0 spiro atoms. The molecule has 2 heterocycles. The van der Waals surface area contributed by atoms with Crippen LogP contribution in [0.15, 0.2) is 53.6 Å². The van der Waals surface area contributed by atoms with Gasteiger partial charge in [0.1, 0.15) is 11.6 Å². The molecule has 3 aromatic rings. The topological polar surface area (TPSA) is 53.1 Å². The second-order valence-electron chi connectivity index (χ2n) is 6.94. The first-order valence-electron chi connectivity index (χ1n) is 9.52. The maximum absolute atomic E-state index is 14.6. The van der Waals surface area contributed by atoms with Crippen LogP contribution in [0.1, 0.15) is 17.5 Å². The molecule has 9 heteroatoms. The maximum Gasteiger partial charge on any atom is 0.158 e. The smallest absolute Gasteiger partial charge is 0.158 e. The number of hydrogen-bond donors (Lipinski definition) is 2. The van der Waals surface area contributed by atoms with Crippen LogP contribution in [0.5, 0.6) is 0 Å². The van der Waals surface area contributed by atoms with E-state index in [0.29, 0.717) is 33.5 Å². The van der Waals surface area contributed by atoms with Crippen LogP contribution >= 0.6 is 23.5 Å². The van der Waals surface area contributed by atoms with Gasteiger partial charge in [0.25, 0.3) is 0 Å². The third-order valence-corrected chi connectivity index (χ3v) is 6.03.